The number of aliphatic carboxylic acids is 1. The third-order valence-corrected chi connectivity index (χ3v) is 4.25. The second-order valence-electron chi connectivity index (χ2n) is 5.83. The Hall–Kier alpha value is -2.49. The molecule has 0 radical (unpaired) electrons. The summed E-state index contributed by atoms with van der Waals surface area (Å²) in [6.07, 6.45) is -0.0692. The van der Waals surface area contributed by atoms with Gasteiger partial charge in [-0.2, -0.15) is 0 Å². The molecular formula is C21H16Cl2O3. The number of carbonyl (C=O) groups is 1. The summed E-state index contributed by atoms with van der Waals surface area (Å²) < 4.78 is 5.98. The fourth-order valence-corrected chi connectivity index (χ4v) is 3.18. The van der Waals surface area contributed by atoms with Gasteiger partial charge >= 0.3 is 5.97 Å². The van der Waals surface area contributed by atoms with Crippen molar-refractivity contribution in [3.8, 4) is 16.9 Å². The number of ether oxygens (including phenoxy) is 1. The number of carboxylic acids is 1. The minimum atomic E-state index is -0.891. The normalized spacial score (nSPS) is 10.5. The zero-order valence-corrected chi connectivity index (χ0v) is 15.3. The summed E-state index contributed by atoms with van der Waals surface area (Å²) in [6.45, 7) is 0.403. The van der Waals surface area contributed by atoms with E-state index >= 15 is 0 Å². The summed E-state index contributed by atoms with van der Waals surface area (Å²) in [5.41, 5.74) is 3.25. The molecule has 132 valence electrons. The van der Waals surface area contributed by atoms with Crippen molar-refractivity contribution in [1.82, 2.24) is 0 Å². The summed E-state index contributed by atoms with van der Waals surface area (Å²) in [4.78, 5) is 11.0. The number of hydrogen-bond acceptors (Lipinski definition) is 2. The van der Waals surface area contributed by atoms with Crippen molar-refractivity contribution in [1.29, 1.82) is 0 Å². The second kappa shape index (κ2) is 8.26. The molecule has 3 nitrogen and oxygen atoms in total. The van der Waals surface area contributed by atoms with Crippen molar-refractivity contribution in [2.45, 2.75) is 13.0 Å². The fraction of sp³-hybridized carbons (Fsp3) is 0.0952. The highest BCUT2D eigenvalue weighted by Gasteiger charge is 2.12. The summed E-state index contributed by atoms with van der Waals surface area (Å²) in [6, 6.07) is 20.4. The summed E-state index contributed by atoms with van der Waals surface area (Å²) >= 11 is 12.3. The van der Waals surface area contributed by atoms with E-state index in [1.165, 1.54) is 0 Å². The number of carboxylic acid groups (broad SMARTS) is 1. The van der Waals surface area contributed by atoms with Crippen LogP contribution in [-0.4, -0.2) is 11.1 Å². The molecule has 0 bridgehead atoms. The van der Waals surface area contributed by atoms with Gasteiger partial charge in [-0.25, -0.2) is 0 Å². The van der Waals surface area contributed by atoms with E-state index in [9.17, 15) is 4.79 Å². The first-order valence-electron chi connectivity index (χ1n) is 7.99. The van der Waals surface area contributed by atoms with E-state index in [-0.39, 0.29) is 6.42 Å². The first-order valence-corrected chi connectivity index (χ1v) is 8.75. The monoisotopic (exact) mass is 386 g/mol. The van der Waals surface area contributed by atoms with Crippen LogP contribution in [0.15, 0.2) is 66.7 Å². The second-order valence-corrected chi connectivity index (χ2v) is 6.71. The molecule has 0 saturated heterocycles. The van der Waals surface area contributed by atoms with Gasteiger partial charge in [-0.15, -0.1) is 0 Å². The molecule has 0 amide bonds. The van der Waals surface area contributed by atoms with Gasteiger partial charge in [0.1, 0.15) is 12.4 Å². The Morgan fingerprint density at radius 1 is 0.885 bits per heavy atom. The first-order chi connectivity index (χ1) is 12.5. The summed E-state index contributed by atoms with van der Waals surface area (Å²) in [5.74, 6) is -0.251. The van der Waals surface area contributed by atoms with Crippen LogP contribution in [0.4, 0.5) is 0 Å². The van der Waals surface area contributed by atoms with E-state index in [0.717, 1.165) is 16.7 Å². The zero-order valence-electron chi connectivity index (χ0n) is 13.8. The van der Waals surface area contributed by atoms with Gasteiger partial charge in [0.2, 0.25) is 0 Å². The first kappa shape index (κ1) is 18.3. The SMILES string of the molecule is O=C(O)Cc1ccc(OCc2ccccc2)c(-c2cc(Cl)cc(Cl)c2)c1. The Kier molecular flexibility index (Phi) is 5.82. The van der Waals surface area contributed by atoms with Crippen LogP contribution in [0.2, 0.25) is 10.0 Å². The molecule has 3 aromatic rings. The smallest absolute Gasteiger partial charge is 0.307 e. The number of rotatable bonds is 6. The Balaban J connectivity index is 1.98. The number of benzene rings is 3. The maximum Gasteiger partial charge on any atom is 0.307 e. The Morgan fingerprint density at radius 2 is 1.58 bits per heavy atom. The average Bonchev–Trinajstić information content (AvgIpc) is 2.60. The molecule has 0 aliphatic rings. The van der Waals surface area contributed by atoms with Crippen molar-refractivity contribution >= 4 is 29.2 Å². The molecular weight excluding hydrogens is 371 g/mol. The lowest BCUT2D eigenvalue weighted by molar-refractivity contribution is -0.136. The topological polar surface area (TPSA) is 46.5 Å². The van der Waals surface area contributed by atoms with Crippen LogP contribution in [0.1, 0.15) is 11.1 Å². The molecule has 0 aromatic heterocycles. The largest absolute Gasteiger partial charge is 0.488 e. The number of halogens is 2. The van der Waals surface area contributed by atoms with Crippen LogP contribution in [0.3, 0.4) is 0 Å². The molecule has 0 aliphatic carbocycles. The quantitative estimate of drug-likeness (QED) is 0.576. The Labute approximate surface area is 161 Å². The predicted molar refractivity (Wildman–Crippen MR) is 104 cm³/mol. The van der Waals surface area contributed by atoms with Crippen molar-refractivity contribution in [3.05, 3.63) is 87.9 Å². The van der Waals surface area contributed by atoms with Crippen molar-refractivity contribution < 1.29 is 14.6 Å². The lowest BCUT2D eigenvalue weighted by Crippen LogP contribution is -2.02. The van der Waals surface area contributed by atoms with Gasteiger partial charge in [-0.3, -0.25) is 4.79 Å². The van der Waals surface area contributed by atoms with Gasteiger partial charge in [-0.1, -0.05) is 59.6 Å². The molecule has 1 N–H and O–H groups in total. The van der Waals surface area contributed by atoms with E-state index in [4.69, 9.17) is 33.0 Å². The van der Waals surface area contributed by atoms with E-state index in [1.807, 2.05) is 30.3 Å². The van der Waals surface area contributed by atoms with Crippen LogP contribution in [0.5, 0.6) is 5.75 Å². The molecule has 0 fully saturated rings. The summed E-state index contributed by atoms with van der Waals surface area (Å²) in [5, 5.41) is 10.1. The van der Waals surface area contributed by atoms with Gasteiger partial charge in [0.15, 0.2) is 0 Å². The van der Waals surface area contributed by atoms with Gasteiger partial charge in [0, 0.05) is 15.6 Å². The third-order valence-electron chi connectivity index (χ3n) is 3.81. The number of hydrogen-bond donors (Lipinski definition) is 1. The molecule has 0 aliphatic heterocycles. The Morgan fingerprint density at radius 3 is 2.23 bits per heavy atom. The van der Waals surface area contributed by atoms with Crippen molar-refractivity contribution in [3.63, 3.8) is 0 Å². The minimum Gasteiger partial charge on any atom is -0.488 e. The molecule has 5 heteroatoms. The third kappa shape index (κ3) is 4.78. The molecule has 26 heavy (non-hydrogen) atoms. The lowest BCUT2D eigenvalue weighted by Gasteiger charge is -2.14. The zero-order chi connectivity index (χ0) is 18.5. The lowest BCUT2D eigenvalue weighted by atomic mass is 10.0. The van der Waals surface area contributed by atoms with Gasteiger partial charge in [0.05, 0.1) is 6.42 Å². The van der Waals surface area contributed by atoms with Crippen LogP contribution < -0.4 is 4.74 Å². The molecule has 0 spiro atoms. The average molecular weight is 387 g/mol. The van der Waals surface area contributed by atoms with Crippen molar-refractivity contribution in [2.24, 2.45) is 0 Å². The highest BCUT2D eigenvalue weighted by atomic mass is 35.5. The fourth-order valence-electron chi connectivity index (χ4n) is 2.66. The molecule has 0 unspecified atom stereocenters. The minimum absolute atomic E-state index is 0.0692. The standard InChI is InChI=1S/C21H16Cl2O3/c22-17-10-16(11-18(23)12-17)19-8-15(9-21(24)25)6-7-20(19)26-13-14-4-2-1-3-5-14/h1-8,10-12H,9,13H2,(H,24,25). The van der Waals surface area contributed by atoms with E-state index in [1.54, 1.807) is 36.4 Å². The molecule has 3 aromatic carbocycles. The molecule has 0 heterocycles. The van der Waals surface area contributed by atoms with Gasteiger partial charge in [-0.05, 0) is 47.0 Å². The maximum atomic E-state index is 11.0. The predicted octanol–water partition coefficient (Wildman–Crippen LogP) is 5.87. The van der Waals surface area contributed by atoms with E-state index in [0.29, 0.717) is 28.0 Å². The van der Waals surface area contributed by atoms with Crippen molar-refractivity contribution in [2.75, 3.05) is 0 Å². The van der Waals surface area contributed by atoms with Crippen LogP contribution >= 0.6 is 23.2 Å². The Bertz CT molecular complexity index is 904. The molecule has 0 saturated carbocycles. The van der Waals surface area contributed by atoms with Crippen LogP contribution in [-0.2, 0) is 17.8 Å². The molecule has 3 rings (SSSR count). The van der Waals surface area contributed by atoms with E-state index < -0.39 is 5.97 Å². The van der Waals surface area contributed by atoms with Crippen LogP contribution in [0, 0.1) is 0 Å². The van der Waals surface area contributed by atoms with Gasteiger partial charge < -0.3 is 9.84 Å². The van der Waals surface area contributed by atoms with E-state index in [2.05, 4.69) is 0 Å². The highest BCUT2D eigenvalue weighted by molar-refractivity contribution is 6.35. The maximum absolute atomic E-state index is 11.0. The van der Waals surface area contributed by atoms with Crippen LogP contribution in [0.25, 0.3) is 11.1 Å². The van der Waals surface area contributed by atoms with Gasteiger partial charge in [0.25, 0.3) is 0 Å². The summed E-state index contributed by atoms with van der Waals surface area (Å²) in [7, 11) is 0. The highest BCUT2D eigenvalue weighted by Crippen LogP contribution is 2.35. The molecule has 0 atom stereocenters.